The molecule has 1 saturated heterocycles. The van der Waals surface area contributed by atoms with Gasteiger partial charge in [0, 0.05) is 12.8 Å². The van der Waals surface area contributed by atoms with E-state index in [1.165, 1.54) is 5.06 Å². The molecular weight excluding hydrogens is 202 g/mol. The van der Waals surface area contributed by atoms with Crippen LogP contribution in [0.15, 0.2) is 0 Å². The van der Waals surface area contributed by atoms with Crippen LogP contribution in [0.1, 0.15) is 66.2 Å². The van der Waals surface area contributed by atoms with E-state index in [4.69, 9.17) is 0 Å². The molecule has 0 aromatic heterocycles. The Balaban J connectivity index is 3.11. The van der Waals surface area contributed by atoms with E-state index in [2.05, 4.69) is 0 Å². The Labute approximate surface area is 98.8 Å². The molecule has 0 saturated carbocycles. The van der Waals surface area contributed by atoms with E-state index >= 15 is 0 Å². The summed E-state index contributed by atoms with van der Waals surface area (Å²) in [6.45, 7) is 8.07. The summed E-state index contributed by atoms with van der Waals surface area (Å²) < 4.78 is 0. The van der Waals surface area contributed by atoms with E-state index in [9.17, 15) is 10.0 Å². The summed E-state index contributed by atoms with van der Waals surface area (Å²) in [5.41, 5.74) is -0.886. The molecule has 0 bridgehead atoms. The number of carbonyl (C=O) groups excluding carboxylic acids is 1. The molecule has 93 valence electrons. The maximum atomic E-state index is 12.6. The van der Waals surface area contributed by atoms with Crippen molar-refractivity contribution in [3.63, 3.8) is 0 Å². The second kappa shape index (κ2) is 4.84. The molecule has 0 spiro atoms. The van der Waals surface area contributed by atoms with Crippen molar-refractivity contribution in [1.82, 2.24) is 5.06 Å². The van der Waals surface area contributed by atoms with Gasteiger partial charge >= 0.3 is 0 Å². The molecule has 0 aromatic rings. The Morgan fingerprint density at radius 3 is 1.50 bits per heavy atom. The van der Waals surface area contributed by atoms with Crippen molar-refractivity contribution in [2.75, 3.05) is 0 Å². The number of nitrogens with zero attached hydrogens (tertiary/aromatic N) is 1. The molecular formula is C13H24NO2. The van der Waals surface area contributed by atoms with Crippen LogP contribution in [0.25, 0.3) is 0 Å². The van der Waals surface area contributed by atoms with Crippen LogP contribution >= 0.6 is 0 Å². The Bertz CT molecular complexity index is 231. The minimum Gasteiger partial charge on any atom is -0.300 e. The molecule has 0 aliphatic carbocycles. The molecule has 1 aliphatic rings. The first-order chi connectivity index (χ1) is 7.50. The predicted molar refractivity (Wildman–Crippen MR) is 63.4 cm³/mol. The molecule has 1 radical (unpaired) electrons. The third-order valence-electron chi connectivity index (χ3n) is 4.55. The van der Waals surface area contributed by atoms with Gasteiger partial charge in [-0.2, -0.15) is 0 Å². The number of hydrogen-bond donors (Lipinski definition) is 0. The average Bonchev–Trinajstić information content (AvgIpc) is 2.32. The zero-order chi connectivity index (χ0) is 12.4. The van der Waals surface area contributed by atoms with Crippen molar-refractivity contribution in [3.8, 4) is 0 Å². The monoisotopic (exact) mass is 226 g/mol. The summed E-state index contributed by atoms with van der Waals surface area (Å²) in [6, 6.07) is 0. The van der Waals surface area contributed by atoms with Crippen molar-refractivity contribution in [2.24, 2.45) is 0 Å². The van der Waals surface area contributed by atoms with Crippen LogP contribution in [0.5, 0.6) is 0 Å². The first-order valence-corrected chi connectivity index (χ1v) is 6.49. The molecule has 1 rings (SSSR count). The van der Waals surface area contributed by atoms with E-state index in [1.807, 2.05) is 27.7 Å². The van der Waals surface area contributed by atoms with Crippen molar-refractivity contribution in [3.05, 3.63) is 0 Å². The quantitative estimate of drug-likeness (QED) is 0.739. The second-order valence-corrected chi connectivity index (χ2v) is 5.05. The van der Waals surface area contributed by atoms with E-state index < -0.39 is 11.1 Å². The summed E-state index contributed by atoms with van der Waals surface area (Å²) in [5, 5.41) is 13.9. The SMILES string of the molecule is CCC1(CC)CC(=O)CC(CC)(CC)N1[O]. The van der Waals surface area contributed by atoms with Gasteiger partial charge in [0.1, 0.15) is 5.78 Å². The van der Waals surface area contributed by atoms with Crippen LogP contribution in [0.3, 0.4) is 0 Å². The lowest BCUT2D eigenvalue weighted by molar-refractivity contribution is -0.301. The van der Waals surface area contributed by atoms with Gasteiger partial charge in [-0.05, 0) is 25.7 Å². The molecule has 3 heteroatoms. The van der Waals surface area contributed by atoms with Gasteiger partial charge in [0.25, 0.3) is 0 Å². The standard InChI is InChI=1S/C13H24NO2/c1-5-12(6-2)9-11(15)10-13(7-3,8-4)14(12)16/h5-10H2,1-4H3. The highest BCUT2D eigenvalue weighted by Gasteiger charge is 2.51. The fourth-order valence-corrected chi connectivity index (χ4v) is 3.02. The fourth-order valence-electron chi connectivity index (χ4n) is 3.02. The van der Waals surface area contributed by atoms with Crippen LogP contribution in [0.2, 0.25) is 0 Å². The number of Topliss-reactive ketones (excluding diaryl/α,β-unsaturated/α-hetero) is 1. The summed E-state index contributed by atoms with van der Waals surface area (Å²) in [5.74, 6) is 0.263. The van der Waals surface area contributed by atoms with E-state index in [-0.39, 0.29) is 5.78 Å². The average molecular weight is 226 g/mol. The number of hydrogen-bond acceptors (Lipinski definition) is 2. The lowest BCUT2D eigenvalue weighted by Gasteiger charge is -2.51. The molecule has 1 fully saturated rings. The molecule has 0 amide bonds. The molecule has 16 heavy (non-hydrogen) atoms. The molecule has 0 unspecified atom stereocenters. The van der Waals surface area contributed by atoms with Gasteiger partial charge in [0.05, 0.1) is 11.1 Å². The Hall–Kier alpha value is -0.410. The summed E-state index contributed by atoms with van der Waals surface area (Å²) >= 11 is 0. The van der Waals surface area contributed by atoms with Gasteiger partial charge < -0.3 is 0 Å². The predicted octanol–water partition coefficient (Wildman–Crippen LogP) is 3.11. The molecule has 0 atom stereocenters. The molecule has 1 aliphatic heterocycles. The van der Waals surface area contributed by atoms with E-state index in [0.717, 1.165) is 25.7 Å². The maximum Gasteiger partial charge on any atom is 0.136 e. The summed E-state index contributed by atoms with van der Waals surface area (Å²) in [7, 11) is 0. The van der Waals surface area contributed by atoms with Gasteiger partial charge in [0.15, 0.2) is 0 Å². The number of hydroxylamine groups is 2. The molecule has 0 N–H and O–H groups in total. The van der Waals surface area contributed by atoms with Crippen LogP contribution in [0, 0.1) is 0 Å². The van der Waals surface area contributed by atoms with E-state index in [0.29, 0.717) is 12.8 Å². The zero-order valence-corrected chi connectivity index (χ0v) is 11.0. The first kappa shape index (κ1) is 13.7. The Morgan fingerprint density at radius 2 is 1.25 bits per heavy atom. The molecule has 0 aromatic carbocycles. The maximum absolute atomic E-state index is 12.6. The van der Waals surface area contributed by atoms with Crippen molar-refractivity contribution in [2.45, 2.75) is 77.3 Å². The first-order valence-electron chi connectivity index (χ1n) is 6.49. The second-order valence-electron chi connectivity index (χ2n) is 5.05. The van der Waals surface area contributed by atoms with Gasteiger partial charge in [-0.3, -0.25) is 4.79 Å². The Morgan fingerprint density at radius 1 is 0.938 bits per heavy atom. The van der Waals surface area contributed by atoms with Crippen molar-refractivity contribution >= 4 is 5.78 Å². The highest BCUT2D eigenvalue weighted by molar-refractivity contribution is 5.82. The third kappa shape index (κ3) is 1.91. The van der Waals surface area contributed by atoms with Crippen LogP contribution in [0.4, 0.5) is 0 Å². The Kier molecular flexibility index (Phi) is 4.13. The summed E-state index contributed by atoms with van der Waals surface area (Å²) in [4.78, 5) is 11.9. The van der Waals surface area contributed by atoms with Gasteiger partial charge in [-0.15, -0.1) is 10.3 Å². The minimum absolute atomic E-state index is 0.263. The third-order valence-corrected chi connectivity index (χ3v) is 4.55. The zero-order valence-electron chi connectivity index (χ0n) is 11.0. The minimum atomic E-state index is -0.443. The van der Waals surface area contributed by atoms with E-state index in [1.54, 1.807) is 0 Å². The van der Waals surface area contributed by atoms with Gasteiger partial charge in [-0.25, -0.2) is 0 Å². The van der Waals surface area contributed by atoms with Crippen LogP contribution < -0.4 is 0 Å². The number of ketones is 1. The van der Waals surface area contributed by atoms with Crippen molar-refractivity contribution < 1.29 is 10.0 Å². The lowest BCUT2D eigenvalue weighted by atomic mass is 9.72. The molecule has 3 nitrogen and oxygen atoms in total. The highest BCUT2D eigenvalue weighted by atomic mass is 16.5. The number of rotatable bonds is 4. The van der Waals surface area contributed by atoms with Crippen LogP contribution in [-0.4, -0.2) is 21.9 Å². The fraction of sp³-hybridized carbons (Fsp3) is 0.923. The topological polar surface area (TPSA) is 40.2 Å². The number of carbonyl (C=O) groups is 1. The largest absolute Gasteiger partial charge is 0.300 e. The molecule has 1 heterocycles. The lowest BCUT2D eigenvalue weighted by Crippen LogP contribution is -2.63. The van der Waals surface area contributed by atoms with Crippen molar-refractivity contribution in [1.29, 1.82) is 0 Å². The number of piperidine rings is 1. The smallest absolute Gasteiger partial charge is 0.136 e. The van der Waals surface area contributed by atoms with Crippen LogP contribution in [-0.2, 0) is 10.0 Å². The van der Waals surface area contributed by atoms with Gasteiger partial charge in [-0.1, -0.05) is 27.7 Å². The van der Waals surface area contributed by atoms with Gasteiger partial charge in [0.2, 0.25) is 0 Å². The highest BCUT2D eigenvalue weighted by Crippen LogP contribution is 2.43. The normalized spacial score (nSPS) is 24.7. The summed E-state index contributed by atoms with van der Waals surface area (Å²) in [6.07, 6.45) is 3.93.